The fraction of sp³-hybridized carbons (Fsp3) is 0.250. The predicted molar refractivity (Wildman–Crippen MR) is 71.1 cm³/mol. The zero-order valence-corrected chi connectivity index (χ0v) is 11.4. The van der Waals surface area contributed by atoms with E-state index >= 15 is 0 Å². The summed E-state index contributed by atoms with van der Waals surface area (Å²) in [6.45, 7) is 1.71. The average molecular weight is 315 g/mol. The molecule has 0 amide bonds. The van der Waals surface area contributed by atoms with E-state index in [4.69, 9.17) is 10.3 Å². The number of halogens is 3. The number of ether oxygens (including phenoxy) is 1. The van der Waals surface area contributed by atoms with E-state index in [1.54, 1.807) is 6.92 Å². The molecule has 0 aliphatic rings. The van der Waals surface area contributed by atoms with E-state index in [0.717, 1.165) is 6.07 Å². The number of nitrogens with one attached hydrogen (secondary N) is 1. The zero-order chi connectivity index (χ0) is 16.2. The summed E-state index contributed by atoms with van der Waals surface area (Å²) in [4.78, 5) is 7.87. The van der Waals surface area contributed by atoms with Gasteiger partial charge >= 0.3 is 6.36 Å². The van der Waals surface area contributed by atoms with Gasteiger partial charge in [-0.25, -0.2) is 4.99 Å². The maximum Gasteiger partial charge on any atom is 0.573 e. The molecule has 22 heavy (non-hydrogen) atoms. The van der Waals surface area contributed by atoms with Crippen molar-refractivity contribution in [2.75, 3.05) is 5.32 Å². The van der Waals surface area contributed by atoms with Gasteiger partial charge < -0.3 is 20.3 Å². The van der Waals surface area contributed by atoms with Crippen LogP contribution in [0.1, 0.15) is 11.7 Å². The van der Waals surface area contributed by atoms with Gasteiger partial charge in [-0.05, 0) is 12.1 Å². The van der Waals surface area contributed by atoms with E-state index in [0.29, 0.717) is 17.4 Å². The van der Waals surface area contributed by atoms with Crippen molar-refractivity contribution in [2.24, 2.45) is 10.7 Å². The Morgan fingerprint density at radius 3 is 2.86 bits per heavy atom. The summed E-state index contributed by atoms with van der Waals surface area (Å²) in [5.41, 5.74) is 5.93. The number of aryl methyl sites for hydroxylation is 1. The fourth-order valence-electron chi connectivity index (χ4n) is 1.52. The SMILES string of the molecule is Cc1nc(CN=C(N)Nc2cccc(OC(F)(F)F)c2)no1. The lowest BCUT2D eigenvalue weighted by molar-refractivity contribution is -0.274. The first-order chi connectivity index (χ1) is 10.3. The molecular weight excluding hydrogens is 303 g/mol. The van der Waals surface area contributed by atoms with Crippen molar-refractivity contribution in [1.29, 1.82) is 0 Å². The first-order valence-electron chi connectivity index (χ1n) is 6.04. The quantitative estimate of drug-likeness (QED) is 0.663. The van der Waals surface area contributed by atoms with Crippen molar-refractivity contribution in [3.63, 3.8) is 0 Å². The Morgan fingerprint density at radius 1 is 1.45 bits per heavy atom. The normalized spacial score (nSPS) is 12.3. The highest BCUT2D eigenvalue weighted by Gasteiger charge is 2.31. The minimum absolute atomic E-state index is 0.00777. The molecule has 0 saturated heterocycles. The summed E-state index contributed by atoms with van der Waals surface area (Å²) < 4.78 is 45.0. The van der Waals surface area contributed by atoms with Gasteiger partial charge in [0.2, 0.25) is 5.89 Å². The zero-order valence-electron chi connectivity index (χ0n) is 11.4. The average Bonchev–Trinajstić information content (AvgIpc) is 2.81. The van der Waals surface area contributed by atoms with Crippen molar-refractivity contribution in [1.82, 2.24) is 10.1 Å². The van der Waals surface area contributed by atoms with Gasteiger partial charge in [0.25, 0.3) is 0 Å². The standard InChI is InChI=1S/C12H12F3N5O2/c1-7-18-10(20-22-7)6-17-11(16)19-8-3-2-4-9(5-8)21-12(13,14)15/h2-5H,6H2,1H3,(H3,16,17,19). The van der Waals surface area contributed by atoms with Gasteiger partial charge in [-0.1, -0.05) is 11.2 Å². The summed E-state index contributed by atoms with van der Waals surface area (Å²) in [5, 5.41) is 6.27. The molecule has 1 aromatic carbocycles. The van der Waals surface area contributed by atoms with Gasteiger partial charge in [-0.15, -0.1) is 13.2 Å². The van der Waals surface area contributed by atoms with Crippen LogP contribution in [-0.2, 0) is 6.54 Å². The molecule has 2 rings (SSSR count). The molecule has 7 nitrogen and oxygen atoms in total. The van der Waals surface area contributed by atoms with Crippen LogP contribution in [0.25, 0.3) is 0 Å². The Hall–Kier alpha value is -2.78. The number of benzene rings is 1. The monoisotopic (exact) mass is 315 g/mol. The molecule has 0 fully saturated rings. The second-order valence-electron chi connectivity index (χ2n) is 4.13. The largest absolute Gasteiger partial charge is 0.573 e. The Kier molecular flexibility index (Phi) is 4.49. The summed E-state index contributed by atoms with van der Waals surface area (Å²) in [5.74, 6) is 0.371. The van der Waals surface area contributed by atoms with Crippen molar-refractivity contribution in [3.05, 3.63) is 36.0 Å². The number of hydrogen-bond donors (Lipinski definition) is 2. The van der Waals surface area contributed by atoms with E-state index in [2.05, 4.69) is 25.2 Å². The molecule has 118 valence electrons. The van der Waals surface area contributed by atoms with Gasteiger partial charge in [-0.2, -0.15) is 4.98 Å². The molecule has 0 spiro atoms. The van der Waals surface area contributed by atoms with Gasteiger partial charge in [0.05, 0.1) is 0 Å². The summed E-state index contributed by atoms with van der Waals surface area (Å²) in [6, 6.07) is 5.23. The minimum atomic E-state index is -4.76. The lowest BCUT2D eigenvalue weighted by Gasteiger charge is -2.10. The number of anilines is 1. The Bertz CT molecular complexity index is 669. The van der Waals surface area contributed by atoms with E-state index in [1.807, 2.05) is 0 Å². The molecule has 0 radical (unpaired) electrons. The van der Waals surface area contributed by atoms with Crippen LogP contribution in [0.5, 0.6) is 5.75 Å². The maximum atomic E-state index is 12.1. The number of aliphatic imine (C=N–C) groups is 1. The lowest BCUT2D eigenvalue weighted by atomic mass is 10.3. The number of nitrogens with zero attached hydrogens (tertiary/aromatic N) is 3. The van der Waals surface area contributed by atoms with E-state index < -0.39 is 6.36 Å². The van der Waals surface area contributed by atoms with Gasteiger partial charge in [0.1, 0.15) is 12.3 Å². The molecular formula is C12H12F3N5O2. The second-order valence-corrected chi connectivity index (χ2v) is 4.13. The molecule has 0 saturated carbocycles. The first-order valence-corrected chi connectivity index (χ1v) is 6.04. The number of nitrogens with two attached hydrogens (primary N) is 1. The van der Waals surface area contributed by atoms with E-state index in [-0.39, 0.29) is 18.3 Å². The first kappa shape index (κ1) is 15.6. The smallest absolute Gasteiger partial charge is 0.406 e. The summed E-state index contributed by atoms with van der Waals surface area (Å²) in [7, 11) is 0. The van der Waals surface area contributed by atoms with Crippen molar-refractivity contribution >= 4 is 11.6 Å². The van der Waals surface area contributed by atoms with Crippen molar-refractivity contribution in [2.45, 2.75) is 19.8 Å². The van der Waals surface area contributed by atoms with Gasteiger partial charge in [0, 0.05) is 18.7 Å². The lowest BCUT2D eigenvalue weighted by Crippen LogP contribution is -2.23. The molecule has 3 N–H and O–H groups in total. The van der Waals surface area contributed by atoms with E-state index in [1.165, 1.54) is 18.2 Å². The van der Waals surface area contributed by atoms with Crippen LogP contribution in [-0.4, -0.2) is 22.5 Å². The van der Waals surface area contributed by atoms with Crippen molar-refractivity contribution in [3.8, 4) is 5.75 Å². The van der Waals surface area contributed by atoms with Crippen LogP contribution in [0.15, 0.2) is 33.8 Å². The van der Waals surface area contributed by atoms with Crippen molar-refractivity contribution < 1.29 is 22.4 Å². The van der Waals surface area contributed by atoms with Crippen LogP contribution < -0.4 is 15.8 Å². The van der Waals surface area contributed by atoms with Crippen LogP contribution in [0.4, 0.5) is 18.9 Å². The molecule has 0 bridgehead atoms. The summed E-state index contributed by atoms with van der Waals surface area (Å²) in [6.07, 6.45) is -4.76. The van der Waals surface area contributed by atoms with Crippen LogP contribution in [0.2, 0.25) is 0 Å². The highest BCUT2D eigenvalue weighted by molar-refractivity contribution is 5.92. The number of guanidine groups is 1. The molecule has 1 aromatic heterocycles. The third-order valence-corrected chi connectivity index (χ3v) is 2.30. The molecule has 0 aliphatic heterocycles. The molecule has 2 aromatic rings. The number of alkyl halides is 3. The number of hydrogen-bond acceptors (Lipinski definition) is 5. The third kappa shape index (κ3) is 4.96. The highest BCUT2D eigenvalue weighted by atomic mass is 19.4. The Labute approximate surface area is 123 Å². The van der Waals surface area contributed by atoms with Gasteiger partial charge in [-0.3, -0.25) is 0 Å². The maximum absolute atomic E-state index is 12.1. The highest BCUT2D eigenvalue weighted by Crippen LogP contribution is 2.24. The predicted octanol–water partition coefficient (Wildman–Crippen LogP) is 2.20. The summed E-state index contributed by atoms with van der Waals surface area (Å²) >= 11 is 0. The molecule has 0 aliphatic carbocycles. The topological polar surface area (TPSA) is 98.6 Å². The second kappa shape index (κ2) is 6.33. The number of aromatic nitrogens is 2. The molecule has 0 atom stereocenters. The Morgan fingerprint density at radius 2 is 2.23 bits per heavy atom. The van der Waals surface area contributed by atoms with E-state index in [9.17, 15) is 13.2 Å². The fourth-order valence-corrected chi connectivity index (χ4v) is 1.52. The molecule has 0 unspecified atom stereocenters. The minimum Gasteiger partial charge on any atom is -0.406 e. The third-order valence-electron chi connectivity index (χ3n) is 2.30. The van der Waals surface area contributed by atoms with Crippen LogP contribution in [0, 0.1) is 6.92 Å². The van der Waals surface area contributed by atoms with Crippen LogP contribution in [0.3, 0.4) is 0 Å². The number of rotatable bonds is 4. The van der Waals surface area contributed by atoms with Gasteiger partial charge in [0.15, 0.2) is 11.8 Å². The Balaban J connectivity index is 1.98. The molecule has 10 heteroatoms. The molecule has 1 heterocycles. The van der Waals surface area contributed by atoms with Crippen LogP contribution >= 0.6 is 0 Å².